The Morgan fingerprint density at radius 2 is 1.89 bits per heavy atom. The van der Waals surface area contributed by atoms with Gasteiger partial charge >= 0.3 is 0 Å². The molecular formula is C18H34O. The summed E-state index contributed by atoms with van der Waals surface area (Å²) in [4.78, 5) is 0. The monoisotopic (exact) mass is 266 g/mol. The summed E-state index contributed by atoms with van der Waals surface area (Å²) >= 11 is 0. The van der Waals surface area contributed by atoms with Gasteiger partial charge in [-0.05, 0) is 55.8 Å². The summed E-state index contributed by atoms with van der Waals surface area (Å²) in [5, 5.41) is 9.95. The second-order valence-electron chi connectivity index (χ2n) is 7.54. The molecule has 0 amide bonds. The van der Waals surface area contributed by atoms with Gasteiger partial charge < -0.3 is 5.11 Å². The molecule has 1 saturated carbocycles. The highest BCUT2D eigenvalue weighted by atomic mass is 16.3. The zero-order chi connectivity index (χ0) is 14.8. The normalized spacial score (nSPS) is 32.2. The molecule has 0 spiro atoms. The largest absolute Gasteiger partial charge is 0.393 e. The van der Waals surface area contributed by atoms with Crippen LogP contribution < -0.4 is 0 Å². The van der Waals surface area contributed by atoms with E-state index in [9.17, 15) is 5.11 Å². The van der Waals surface area contributed by atoms with Crippen LogP contribution in [0.4, 0.5) is 0 Å². The smallest absolute Gasteiger partial charge is 0.0566 e. The Bertz CT molecular complexity index is 327. The third kappa shape index (κ3) is 3.62. The highest BCUT2D eigenvalue weighted by molar-refractivity contribution is 5.22. The van der Waals surface area contributed by atoms with Crippen molar-refractivity contribution in [1.29, 1.82) is 0 Å². The first-order chi connectivity index (χ1) is 8.70. The maximum Gasteiger partial charge on any atom is 0.0566 e. The van der Waals surface area contributed by atoms with E-state index in [2.05, 4.69) is 48.5 Å². The van der Waals surface area contributed by atoms with E-state index in [0.717, 1.165) is 18.8 Å². The summed E-state index contributed by atoms with van der Waals surface area (Å²) in [6.45, 7) is 16.1. The number of allylic oxidation sites excluding steroid dienone is 2. The molecule has 1 nitrogen and oxygen atoms in total. The molecule has 0 bridgehead atoms. The molecular weight excluding hydrogens is 232 g/mol. The lowest BCUT2D eigenvalue weighted by Crippen LogP contribution is -2.26. The molecule has 1 N–H and O–H groups in total. The average Bonchev–Trinajstić information content (AvgIpc) is 2.64. The molecule has 0 aromatic carbocycles. The minimum Gasteiger partial charge on any atom is -0.393 e. The van der Waals surface area contributed by atoms with E-state index >= 15 is 0 Å². The highest BCUT2D eigenvalue weighted by Crippen LogP contribution is 2.52. The summed E-state index contributed by atoms with van der Waals surface area (Å²) in [6.07, 6.45) is 4.42. The van der Waals surface area contributed by atoms with Crippen molar-refractivity contribution in [3.63, 3.8) is 0 Å². The van der Waals surface area contributed by atoms with Crippen LogP contribution >= 0.6 is 0 Å². The van der Waals surface area contributed by atoms with Gasteiger partial charge in [-0.3, -0.25) is 0 Å². The van der Waals surface area contributed by atoms with Gasteiger partial charge in [0.15, 0.2) is 0 Å². The summed E-state index contributed by atoms with van der Waals surface area (Å²) < 4.78 is 0. The first kappa shape index (κ1) is 16.8. The molecule has 0 aromatic heterocycles. The zero-order valence-electron chi connectivity index (χ0n) is 14.1. The molecule has 3 atom stereocenters. The van der Waals surface area contributed by atoms with Crippen molar-refractivity contribution in [2.45, 2.75) is 80.3 Å². The molecule has 19 heavy (non-hydrogen) atoms. The van der Waals surface area contributed by atoms with Gasteiger partial charge in [-0.15, -0.1) is 0 Å². The SMILES string of the molecule is C/C(CCC(O)C(C)C)=C1\CCC(C)(C(C)C)C1C. The quantitative estimate of drug-likeness (QED) is 0.679. The lowest BCUT2D eigenvalue weighted by atomic mass is 9.71. The summed E-state index contributed by atoms with van der Waals surface area (Å²) in [6, 6.07) is 0. The molecule has 1 rings (SSSR count). The van der Waals surface area contributed by atoms with Crippen molar-refractivity contribution in [3.05, 3.63) is 11.1 Å². The molecule has 0 heterocycles. The van der Waals surface area contributed by atoms with Crippen molar-refractivity contribution in [3.8, 4) is 0 Å². The van der Waals surface area contributed by atoms with Crippen molar-refractivity contribution in [2.24, 2.45) is 23.2 Å². The van der Waals surface area contributed by atoms with E-state index in [1.165, 1.54) is 18.4 Å². The number of aliphatic hydroxyl groups excluding tert-OH is 1. The highest BCUT2D eigenvalue weighted by Gasteiger charge is 2.41. The fraction of sp³-hybridized carbons (Fsp3) is 0.889. The second-order valence-corrected chi connectivity index (χ2v) is 7.54. The van der Waals surface area contributed by atoms with Gasteiger partial charge in [-0.1, -0.05) is 52.7 Å². The molecule has 1 aliphatic carbocycles. The predicted octanol–water partition coefficient (Wildman–Crippen LogP) is 5.19. The first-order valence-corrected chi connectivity index (χ1v) is 8.06. The molecule has 1 heteroatoms. The van der Waals surface area contributed by atoms with Crippen LogP contribution in [0.5, 0.6) is 0 Å². The van der Waals surface area contributed by atoms with Crippen LogP contribution in [0.1, 0.15) is 74.1 Å². The Balaban J connectivity index is 2.72. The fourth-order valence-electron chi connectivity index (χ4n) is 3.46. The minimum absolute atomic E-state index is 0.149. The van der Waals surface area contributed by atoms with Gasteiger partial charge in [-0.2, -0.15) is 0 Å². The summed E-state index contributed by atoms with van der Waals surface area (Å²) in [5.74, 6) is 1.82. The first-order valence-electron chi connectivity index (χ1n) is 8.06. The Morgan fingerprint density at radius 1 is 1.32 bits per heavy atom. The number of hydrogen-bond acceptors (Lipinski definition) is 1. The van der Waals surface area contributed by atoms with Gasteiger partial charge in [0.05, 0.1) is 6.10 Å². The van der Waals surface area contributed by atoms with Gasteiger partial charge in [0.1, 0.15) is 0 Å². The van der Waals surface area contributed by atoms with Crippen molar-refractivity contribution >= 4 is 0 Å². The Hall–Kier alpha value is -0.300. The van der Waals surface area contributed by atoms with Crippen LogP contribution in [0, 0.1) is 23.2 Å². The van der Waals surface area contributed by atoms with Gasteiger partial charge in [0, 0.05) is 0 Å². The molecule has 3 unspecified atom stereocenters. The van der Waals surface area contributed by atoms with Crippen LogP contribution in [0.25, 0.3) is 0 Å². The van der Waals surface area contributed by atoms with Crippen LogP contribution in [-0.4, -0.2) is 11.2 Å². The Labute approximate surface area is 120 Å². The maximum atomic E-state index is 9.95. The Kier molecular flexibility index (Phi) is 5.67. The summed E-state index contributed by atoms with van der Waals surface area (Å²) in [5.41, 5.74) is 3.68. The van der Waals surface area contributed by atoms with Crippen LogP contribution in [0.15, 0.2) is 11.1 Å². The van der Waals surface area contributed by atoms with Gasteiger partial charge in [0.25, 0.3) is 0 Å². The van der Waals surface area contributed by atoms with Crippen molar-refractivity contribution < 1.29 is 5.11 Å². The van der Waals surface area contributed by atoms with Gasteiger partial charge in [0.2, 0.25) is 0 Å². The van der Waals surface area contributed by atoms with E-state index in [4.69, 9.17) is 0 Å². The van der Waals surface area contributed by atoms with E-state index in [1.54, 1.807) is 5.57 Å². The van der Waals surface area contributed by atoms with Crippen molar-refractivity contribution in [2.75, 3.05) is 0 Å². The van der Waals surface area contributed by atoms with E-state index in [1.807, 2.05) is 0 Å². The van der Waals surface area contributed by atoms with Crippen molar-refractivity contribution in [1.82, 2.24) is 0 Å². The Morgan fingerprint density at radius 3 is 2.32 bits per heavy atom. The van der Waals surface area contributed by atoms with Crippen LogP contribution in [0.3, 0.4) is 0 Å². The molecule has 0 aliphatic heterocycles. The molecule has 1 fully saturated rings. The maximum absolute atomic E-state index is 9.95. The third-order valence-electron chi connectivity index (χ3n) is 5.90. The van der Waals surface area contributed by atoms with Crippen LogP contribution in [0.2, 0.25) is 0 Å². The standard InChI is InChI=1S/C18H34O/c1-12(2)17(19)9-8-14(5)16-10-11-18(7,13(3)4)15(16)6/h12-13,15,17,19H,8-11H2,1-7H3/b16-14-. The van der Waals surface area contributed by atoms with E-state index in [0.29, 0.717) is 17.3 Å². The predicted molar refractivity (Wildman–Crippen MR) is 84.1 cm³/mol. The molecule has 0 aromatic rings. The fourth-order valence-corrected chi connectivity index (χ4v) is 3.46. The minimum atomic E-state index is -0.149. The second kappa shape index (κ2) is 6.43. The number of aliphatic hydroxyl groups is 1. The van der Waals surface area contributed by atoms with E-state index < -0.39 is 0 Å². The molecule has 112 valence electrons. The van der Waals surface area contributed by atoms with E-state index in [-0.39, 0.29) is 6.10 Å². The van der Waals surface area contributed by atoms with Gasteiger partial charge in [-0.25, -0.2) is 0 Å². The number of rotatable bonds is 5. The summed E-state index contributed by atoms with van der Waals surface area (Å²) in [7, 11) is 0. The lowest BCUT2D eigenvalue weighted by molar-refractivity contribution is 0.116. The topological polar surface area (TPSA) is 20.2 Å². The number of hydrogen-bond donors (Lipinski definition) is 1. The molecule has 0 saturated heterocycles. The molecule has 0 radical (unpaired) electrons. The lowest BCUT2D eigenvalue weighted by Gasteiger charge is -2.34. The zero-order valence-corrected chi connectivity index (χ0v) is 14.1. The molecule has 1 aliphatic rings. The third-order valence-corrected chi connectivity index (χ3v) is 5.90. The van der Waals surface area contributed by atoms with Crippen LogP contribution in [-0.2, 0) is 0 Å². The average molecular weight is 266 g/mol.